The van der Waals surface area contributed by atoms with E-state index in [1.54, 1.807) is 25.1 Å². The van der Waals surface area contributed by atoms with Crippen LogP contribution in [-0.2, 0) is 4.79 Å². The number of ether oxygens (including phenoxy) is 1. The van der Waals surface area contributed by atoms with Crippen molar-refractivity contribution in [2.24, 2.45) is 0 Å². The number of aromatic nitrogens is 3. The number of anilines is 3. The number of carbonyl (C=O) groups excluding carboxylic acids is 2. The van der Waals surface area contributed by atoms with Crippen molar-refractivity contribution in [2.45, 2.75) is 12.5 Å². The summed E-state index contributed by atoms with van der Waals surface area (Å²) in [4.78, 5) is 30.3. The van der Waals surface area contributed by atoms with Crippen LogP contribution in [0.15, 0.2) is 36.2 Å². The quantitative estimate of drug-likeness (QED) is 0.499. The van der Waals surface area contributed by atoms with Gasteiger partial charge in [-0.2, -0.15) is 0 Å². The lowest BCUT2D eigenvalue weighted by molar-refractivity contribution is 0.0936. The maximum atomic E-state index is 13.8. The van der Waals surface area contributed by atoms with Crippen molar-refractivity contribution in [3.63, 3.8) is 0 Å². The van der Waals surface area contributed by atoms with Gasteiger partial charge in [0.2, 0.25) is 0 Å². The van der Waals surface area contributed by atoms with E-state index in [4.69, 9.17) is 4.74 Å². The third-order valence-electron chi connectivity index (χ3n) is 5.30. The van der Waals surface area contributed by atoms with Gasteiger partial charge < -0.3 is 25.6 Å². The summed E-state index contributed by atoms with van der Waals surface area (Å²) in [5.41, 5.74) is 2.00. The van der Waals surface area contributed by atoms with E-state index in [0.717, 1.165) is 0 Å². The number of benzene rings is 1. The monoisotopic (exact) mass is 439 g/mol. The number of amides is 1. The first kappa shape index (κ1) is 21.1. The first-order chi connectivity index (χ1) is 15.4. The van der Waals surface area contributed by atoms with Crippen molar-refractivity contribution in [3.05, 3.63) is 47.7 Å². The van der Waals surface area contributed by atoms with E-state index in [1.165, 1.54) is 36.0 Å². The van der Waals surface area contributed by atoms with Crippen LogP contribution in [0.4, 0.5) is 21.6 Å². The first-order valence-corrected chi connectivity index (χ1v) is 9.89. The number of imidazole rings is 1. The van der Waals surface area contributed by atoms with Crippen LogP contribution in [0, 0.1) is 5.82 Å². The molecular formula is C21H22FN7O3. The van der Waals surface area contributed by atoms with Gasteiger partial charge in [0.15, 0.2) is 17.2 Å². The Balaban J connectivity index is 1.69. The number of nitrogens with one attached hydrogen (secondary N) is 3. The molecule has 0 saturated carbocycles. The third-order valence-corrected chi connectivity index (χ3v) is 5.30. The molecular weight excluding hydrogens is 417 g/mol. The second kappa shape index (κ2) is 8.56. The maximum Gasteiger partial charge on any atom is 0.272 e. The molecule has 166 valence electrons. The zero-order valence-electron chi connectivity index (χ0n) is 17.8. The van der Waals surface area contributed by atoms with Gasteiger partial charge in [-0.05, 0) is 18.6 Å². The number of hydrogen-bond acceptors (Lipinski definition) is 8. The van der Waals surface area contributed by atoms with Crippen LogP contribution >= 0.6 is 0 Å². The van der Waals surface area contributed by atoms with E-state index < -0.39 is 17.8 Å². The molecule has 0 spiro atoms. The van der Waals surface area contributed by atoms with Gasteiger partial charge in [0, 0.05) is 32.8 Å². The van der Waals surface area contributed by atoms with E-state index in [2.05, 4.69) is 26.0 Å². The summed E-state index contributed by atoms with van der Waals surface area (Å²) in [5.74, 6) is 1.80. The molecule has 0 aliphatic carbocycles. The molecule has 1 aromatic carbocycles. The Kier molecular flexibility index (Phi) is 5.65. The Morgan fingerprint density at radius 3 is 2.84 bits per heavy atom. The van der Waals surface area contributed by atoms with Gasteiger partial charge in [-0.15, -0.1) is 5.10 Å². The standard InChI is InChI=1S/C21H22FN7O3/c1-23-15-9-19(25-14-8-12(22)4-5-18(14)32-3)27-29-16(10-24-20(15)29)21(31)26-13-6-7-28(2)17(13)11-30/h4-5,8-10,13,23H,6-7H2,1-3H3,(H,25,27)(H,26,31)/t13-/m1/s1. The number of hydrogen-bond donors (Lipinski definition) is 3. The summed E-state index contributed by atoms with van der Waals surface area (Å²) >= 11 is 0. The molecule has 11 heteroatoms. The van der Waals surface area contributed by atoms with Crippen molar-refractivity contribution in [2.75, 3.05) is 38.4 Å². The normalized spacial score (nSPS) is 15.6. The highest BCUT2D eigenvalue weighted by atomic mass is 19.1. The highest BCUT2D eigenvalue weighted by Gasteiger charge is 2.29. The van der Waals surface area contributed by atoms with Gasteiger partial charge in [0.1, 0.15) is 23.2 Å². The number of fused-ring (bicyclic) bond motifs is 1. The predicted molar refractivity (Wildman–Crippen MR) is 116 cm³/mol. The first-order valence-electron chi connectivity index (χ1n) is 9.89. The summed E-state index contributed by atoms with van der Waals surface area (Å²) in [6.45, 7) is 0.647. The number of rotatable bonds is 6. The minimum absolute atomic E-state index is 0.186. The topological polar surface area (TPSA) is 113 Å². The molecule has 0 unspecified atom stereocenters. The molecule has 4 rings (SSSR count). The van der Waals surface area contributed by atoms with Crippen LogP contribution < -0.4 is 20.7 Å². The number of nitrogens with zero attached hydrogens (tertiary/aromatic N) is 4. The van der Waals surface area contributed by atoms with Crippen molar-refractivity contribution in [1.29, 1.82) is 0 Å². The summed E-state index contributed by atoms with van der Waals surface area (Å²) in [5, 5.41) is 13.4. The summed E-state index contributed by atoms with van der Waals surface area (Å²) in [6, 6.07) is 5.34. The molecule has 1 aliphatic rings. The molecule has 3 heterocycles. The molecule has 2 aromatic heterocycles. The fraction of sp³-hybridized carbons (Fsp3) is 0.286. The number of likely N-dealkylation sites (N-methyl/N-ethyl adjacent to an activating group) is 1. The van der Waals surface area contributed by atoms with Crippen LogP contribution in [0.1, 0.15) is 16.9 Å². The van der Waals surface area contributed by atoms with Gasteiger partial charge in [-0.3, -0.25) is 4.79 Å². The Bertz CT molecular complexity index is 1240. The SMILES string of the molecule is CNc1cc(Nc2cc(F)ccc2OC)nn2c(C(=O)N[C@@H]3CCN(C)C3=C=O)cnc12. The molecule has 1 aliphatic heterocycles. The minimum atomic E-state index is -0.438. The minimum Gasteiger partial charge on any atom is -0.495 e. The Morgan fingerprint density at radius 1 is 1.31 bits per heavy atom. The Hall–Kier alpha value is -4.11. The van der Waals surface area contributed by atoms with E-state index in [1.807, 2.05) is 5.94 Å². The second-order valence-corrected chi connectivity index (χ2v) is 7.27. The van der Waals surface area contributed by atoms with Gasteiger partial charge in [0.05, 0.1) is 30.7 Å². The second-order valence-electron chi connectivity index (χ2n) is 7.27. The lowest BCUT2D eigenvalue weighted by atomic mass is 10.2. The largest absolute Gasteiger partial charge is 0.495 e. The van der Waals surface area contributed by atoms with E-state index in [-0.39, 0.29) is 5.69 Å². The van der Waals surface area contributed by atoms with Crippen LogP contribution in [0.5, 0.6) is 5.75 Å². The van der Waals surface area contributed by atoms with Crippen molar-refractivity contribution >= 4 is 34.7 Å². The Labute approximate surface area is 183 Å². The smallest absolute Gasteiger partial charge is 0.272 e. The lowest BCUT2D eigenvalue weighted by Crippen LogP contribution is -2.36. The molecule has 32 heavy (non-hydrogen) atoms. The van der Waals surface area contributed by atoms with Crippen LogP contribution in [-0.4, -0.2) is 65.1 Å². The molecule has 1 amide bonds. The molecule has 10 nitrogen and oxygen atoms in total. The van der Waals surface area contributed by atoms with Crippen molar-refractivity contribution in [3.8, 4) is 5.75 Å². The zero-order valence-corrected chi connectivity index (χ0v) is 17.8. The van der Waals surface area contributed by atoms with Crippen LogP contribution in [0.3, 0.4) is 0 Å². The molecule has 1 saturated heterocycles. The molecule has 0 bridgehead atoms. The number of halogens is 1. The number of methoxy groups -OCH3 is 1. The zero-order chi connectivity index (χ0) is 22.8. The number of likely N-dealkylation sites (tertiary alicyclic amines) is 1. The average Bonchev–Trinajstić information content (AvgIpc) is 3.36. The summed E-state index contributed by atoms with van der Waals surface area (Å²) < 4.78 is 20.4. The third kappa shape index (κ3) is 3.81. The van der Waals surface area contributed by atoms with Gasteiger partial charge in [-0.25, -0.2) is 18.7 Å². The molecule has 1 fully saturated rings. The van der Waals surface area contributed by atoms with E-state index >= 15 is 0 Å². The maximum absolute atomic E-state index is 13.8. The average molecular weight is 439 g/mol. The molecule has 3 aromatic rings. The lowest BCUT2D eigenvalue weighted by Gasteiger charge is -2.15. The van der Waals surface area contributed by atoms with Gasteiger partial charge in [-0.1, -0.05) is 0 Å². The van der Waals surface area contributed by atoms with Crippen LogP contribution in [0.2, 0.25) is 0 Å². The van der Waals surface area contributed by atoms with E-state index in [9.17, 15) is 14.0 Å². The molecule has 3 N–H and O–H groups in total. The van der Waals surface area contributed by atoms with E-state index in [0.29, 0.717) is 47.3 Å². The van der Waals surface area contributed by atoms with Crippen LogP contribution in [0.25, 0.3) is 5.65 Å². The number of carbonyl (C=O) groups is 1. The highest BCUT2D eigenvalue weighted by Crippen LogP contribution is 2.29. The van der Waals surface area contributed by atoms with Crippen molar-refractivity contribution in [1.82, 2.24) is 24.8 Å². The summed E-state index contributed by atoms with van der Waals surface area (Å²) in [6.07, 6.45) is 2.01. The summed E-state index contributed by atoms with van der Waals surface area (Å²) in [7, 11) is 4.97. The van der Waals surface area contributed by atoms with Crippen molar-refractivity contribution < 1.29 is 18.7 Å². The fourth-order valence-corrected chi connectivity index (χ4v) is 3.65. The Morgan fingerprint density at radius 2 is 2.12 bits per heavy atom. The predicted octanol–water partition coefficient (Wildman–Crippen LogP) is 1.81. The van der Waals surface area contributed by atoms with Gasteiger partial charge in [0.25, 0.3) is 5.91 Å². The fourth-order valence-electron chi connectivity index (χ4n) is 3.65. The highest BCUT2D eigenvalue weighted by molar-refractivity contribution is 5.94. The van der Waals surface area contributed by atoms with Gasteiger partial charge >= 0.3 is 0 Å². The molecule has 0 radical (unpaired) electrons. The molecule has 1 atom stereocenters.